The normalized spacial score (nSPS) is 21.8. The number of carbonyl (C=O) groups is 2. The summed E-state index contributed by atoms with van der Waals surface area (Å²) < 4.78 is 0. The van der Waals surface area contributed by atoms with E-state index in [2.05, 4.69) is 0 Å². The molecule has 1 fully saturated rings. The van der Waals surface area contributed by atoms with E-state index < -0.39 is 18.1 Å². The topological polar surface area (TPSA) is 81.1 Å². The number of hydrogen-bond acceptors (Lipinski definition) is 3. The van der Waals surface area contributed by atoms with Gasteiger partial charge in [0.15, 0.2) is 0 Å². The number of aliphatic carboxylic acids is 1. The van der Waals surface area contributed by atoms with Crippen molar-refractivity contribution >= 4 is 17.7 Å². The largest absolute Gasteiger partial charge is 0.480 e. The number of aliphatic hydroxyl groups is 1. The lowest BCUT2D eigenvalue weighted by Gasteiger charge is -2.29. The Morgan fingerprint density at radius 3 is 2.55 bits per heavy atom. The monoisotopic (exact) mass is 278 g/mol. The number of aliphatic hydroxyl groups excluding tert-OH is 1. The van der Waals surface area contributed by atoms with E-state index in [1.165, 1.54) is 9.80 Å². The van der Waals surface area contributed by atoms with Crippen LogP contribution in [-0.4, -0.2) is 52.3 Å². The minimum atomic E-state index is -1.08. The van der Waals surface area contributed by atoms with Crippen molar-refractivity contribution in [1.29, 1.82) is 0 Å². The molecule has 0 saturated carbocycles. The Morgan fingerprint density at radius 1 is 1.35 bits per heavy atom. The maximum absolute atomic E-state index is 12.5. The van der Waals surface area contributed by atoms with Gasteiger partial charge in [-0.15, -0.1) is 0 Å². The number of carboxylic acids is 1. The quantitative estimate of drug-likeness (QED) is 0.869. The Hall–Kier alpha value is -2.08. The van der Waals surface area contributed by atoms with Crippen LogP contribution in [0.2, 0.25) is 0 Å². The van der Waals surface area contributed by atoms with Gasteiger partial charge in [-0.1, -0.05) is 18.2 Å². The molecular formula is C14H18N2O4. The van der Waals surface area contributed by atoms with Crippen molar-refractivity contribution in [3.8, 4) is 0 Å². The van der Waals surface area contributed by atoms with Crippen LogP contribution in [0.1, 0.15) is 13.3 Å². The van der Waals surface area contributed by atoms with Crippen LogP contribution in [0.15, 0.2) is 30.3 Å². The SMILES string of the molecule is CCN(C(=O)N1CC(O)C[C@H]1C(=O)O)c1ccccc1. The van der Waals surface area contributed by atoms with Crippen molar-refractivity contribution in [3.05, 3.63) is 30.3 Å². The first-order valence-electron chi connectivity index (χ1n) is 6.58. The zero-order valence-corrected chi connectivity index (χ0v) is 11.3. The summed E-state index contributed by atoms with van der Waals surface area (Å²) in [5.41, 5.74) is 0.713. The highest BCUT2D eigenvalue weighted by Crippen LogP contribution is 2.23. The van der Waals surface area contributed by atoms with E-state index in [0.29, 0.717) is 12.2 Å². The number of rotatable bonds is 3. The Labute approximate surface area is 117 Å². The predicted octanol–water partition coefficient (Wildman–Crippen LogP) is 1.15. The molecule has 6 nitrogen and oxygen atoms in total. The summed E-state index contributed by atoms with van der Waals surface area (Å²) in [7, 11) is 0. The highest BCUT2D eigenvalue weighted by atomic mass is 16.4. The summed E-state index contributed by atoms with van der Waals surface area (Å²) in [6, 6.07) is 7.73. The fourth-order valence-corrected chi connectivity index (χ4v) is 2.45. The second-order valence-corrected chi connectivity index (χ2v) is 4.76. The summed E-state index contributed by atoms with van der Waals surface area (Å²) in [6.45, 7) is 2.31. The van der Waals surface area contributed by atoms with E-state index in [1.807, 2.05) is 25.1 Å². The van der Waals surface area contributed by atoms with Crippen LogP contribution in [-0.2, 0) is 4.79 Å². The number of urea groups is 1. The number of hydrogen-bond donors (Lipinski definition) is 2. The van der Waals surface area contributed by atoms with Gasteiger partial charge in [0.05, 0.1) is 6.10 Å². The molecule has 0 aromatic heterocycles. The lowest BCUT2D eigenvalue weighted by atomic mass is 10.2. The van der Waals surface area contributed by atoms with E-state index in [-0.39, 0.29) is 19.0 Å². The van der Waals surface area contributed by atoms with Gasteiger partial charge in [-0.3, -0.25) is 4.90 Å². The Kier molecular flexibility index (Phi) is 4.24. The average molecular weight is 278 g/mol. The highest BCUT2D eigenvalue weighted by Gasteiger charge is 2.40. The van der Waals surface area contributed by atoms with Crippen molar-refractivity contribution < 1.29 is 19.8 Å². The van der Waals surface area contributed by atoms with E-state index >= 15 is 0 Å². The van der Waals surface area contributed by atoms with Gasteiger partial charge in [0.2, 0.25) is 0 Å². The fraction of sp³-hybridized carbons (Fsp3) is 0.429. The van der Waals surface area contributed by atoms with Crippen LogP contribution in [0.4, 0.5) is 10.5 Å². The molecule has 0 aliphatic carbocycles. The molecule has 2 atom stereocenters. The second kappa shape index (κ2) is 5.92. The molecule has 108 valence electrons. The van der Waals surface area contributed by atoms with Crippen molar-refractivity contribution in [2.75, 3.05) is 18.0 Å². The molecule has 1 aliphatic rings. The Morgan fingerprint density at radius 2 is 2.00 bits per heavy atom. The van der Waals surface area contributed by atoms with Crippen LogP contribution in [0.5, 0.6) is 0 Å². The number of carboxylic acid groups (broad SMARTS) is 1. The number of β-amino-alcohol motifs (C(OH)–C–C–N with tert-alkyl or cyclic N) is 1. The molecule has 1 aliphatic heterocycles. The first kappa shape index (κ1) is 14.3. The van der Waals surface area contributed by atoms with Crippen LogP contribution in [0.25, 0.3) is 0 Å². The summed E-state index contributed by atoms with van der Waals surface area (Å²) in [4.78, 5) is 26.4. The third-order valence-electron chi connectivity index (χ3n) is 3.42. The number of amides is 2. The Balaban J connectivity index is 2.22. The maximum Gasteiger partial charge on any atom is 0.326 e. The van der Waals surface area contributed by atoms with Crippen LogP contribution in [0, 0.1) is 0 Å². The molecule has 0 spiro atoms. The van der Waals surface area contributed by atoms with Gasteiger partial charge in [-0.05, 0) is 19.1 Å². The van der Waals surface area contributed by atoms with Gasteiger partial charge in [0.25, 0.3) is 0 Å². The molecule has 1 aromatic rings. The summed E-state index contributed by atoms with van der Waals surface area (Å²) in [5, 5.41) is 18.8. The second-order valence-electron chi connectivity index (χ2n) is 4.76. The van der Waals surface area contributed by atoms with Crippen molar-refractivity contribution in [1.82, 2.24) is 4.90 Å². The van der Waals surface area contributed by atoms with Crippen molar-refractivity contribution in [3.63, 3.8) is 0 Å². The zero-order valence-electron chi connectivity index (χ0n) is 11.3. The molecule has 1 unspecified atom stereocenters. The number of likely N-dealkylation sites (tertiary alicyclic amines) is 1. The van der Waals surface area contributed by atoms with Gasteiger partial charge in [0.1, 0.15) is 6.04 Å². The minimum Gasteiger partial charge on any atom is -0.480 e. The average Bonchev–Trinajstić information content (AvgIpc) is 2.83. The van der Waals surface area contributed by atoms with Crippen LogP contribution < -0.4 is 4.90 Å². The summed E-state index contributed by atoms with van der Waals surface area (Å²) >= 11 is 0. The molecular weight excluding hydrogens is 260 g/mol. The summed E-state index contributed by atoms with van der Waals surface area (Å²) in [5.74, 6) is -1.08. The first-order valence-corrected chi connectivity index (χ1v) is 6.58. The number of para-hydroxylation sites is 1. The molecule has 20 heavy (non-hydrogen) atoms. The van der Waals surface area contributed by atoms with Crippen LogP contribution in [0.3, 0.4) is 0 Å². The third kappa shape index (κ3) is 2.75. The number of anilines is 1. The molecule has 2 amide bonds. The maximum atomic E-state index is 12.5. The Bertz CT molecular complexity index is 491. The molecule has 6 heteroatoms. The van der Waals surface area contributed by atoms with Crippen LogP contribution >= 0.6 is 0 Å². The molecule has 1 aromatic carbocycles. The lowest BCUT2D eigenvalue weighted by molar-refractivity contribution is -0.141. The van der Waals surface area contributed by atoms with Gasteiger partial charge in [-0.25, -0.2) is 9.59 Å². The molecule has 0 radical (unpaired) electrons. The molecule has 1 heterocycles. The lowest BCUT2D eigenvalue weighted by Crippen LogP contribution is -2.48. The predicted molar refractivity (Wildman–Crippen MR) is 73.6 cm³/mol. The number of carbonyl (C=O) groups excluding carboxylic acids is 1. The van der Waals surface area contributed by atoms with Gasteiger partial charge >= 0.3 is 12.0 Å². The first-order chi connectivity index (χ1) is 9.54. The van der Waals surface area contributed by atoms with Gasteiger partial charge in [0, 0.05) is 25.2 Å². The van der Waals surface area contributed by atoms with E-state index in [1.54, 1.807) is 12.1 Å². The molecule has 0 bridgehead atoms. The van der Waals surface area contributed by atoms with Crippen molar-refractivity contribution in [2.24, 2.45) is 0 Å². The van der Waals surface area contributed by atoms with Gasteiger partial charge in [-0.2, -0.15) is 0 Å². The fourth-order valence-electron chi connectivity index (χ4n) is 2.45. The highest BCUT2D eigenvalue weighted by molar-refractivity contribution is 5.94. The standard InChI is InChI=1S/C14H18N2O4/c1-2-15(10-6-4-3-5-7-10)14(20)16-9-11(17)8-12(16)13(18)19/h3-7,11-12,17H,2,8-9H2,1H3,(H,18,19)/t11?,12-/m0/s1. The van der Waals surface area contributed by atoms with Gasteiger partial charge < -0.3 is 15.1 Å². The number of nitrogens with zero attached hydrogens (tertiary/aromatic N) is 2. The smallest absolute Gasteiger partial charge is 0.326 e. The zero-order chi connectivity index (χ0) is 14.7. The minimum absolute atomic E-state index is 0.0547. The van der Waals surface area contributed by atoms with E-state index in [4.69, 9.17) is 5.11 Å². The van der Waals surface area contributed by atoms with E-state index in [0.717, 1.165) is 0 Å². The third-order valence-corrected chi connectivity index (χ3v) is 3.42. The molecule has 1 saturated heterocycles. The number of benzene rings is 1. The van der Waals surface area contributed by atoms with Crippen molar-refractivity contribution in [2.45, 2.75) is 25.5 Å². The molecule has 2 rings (SSSR count). The van der Waals surface area contributed by atoms with E-state index in [9.17, 15) is 14.7 Å². The summed E-state index contributed by atoms with van der Waals surface area (Å²) in [6.07, 6.45) is -0.706. The molecule has 2 N–H and O–H groups in total.